The van der Waals surface area contributed by atoms with E-state index < -0.39 is 0 Å². The van der Waals surface area contributed by atoms with Gasteiger partial charge in [0.1, 0.15) is 0 Å². The molecular weight excluding hydrogens is 214 g/mol. The molecule has 1 aromatic rings. The summed E-state index contributed by atoms with van der Waals surface area (Å²) in [4.78, 5) is 11.4. The van der Waals surface area contributed by atoms with Crippen molar-refractivity contribution in [3.05, 3.63) is 35.9 Å². The summed E-state index contributed by atoms with van der Waals surface area (Å²) in [6, 6.07) is 10.2. The molecular formula is C13H21N3O. The Balaban J connectivity index is 2.13. The summed E-state index contributed by atoms with van der Waals surface area (Å²) >= 11 is 0. The van der Waals surface area contributed by atoms with Gasteiger partial charge in [0, 0.05) is 19.1 Å². The average molecular weight is 235 g/mol. The van der Waals surface area contributed by atoms with Gasteiger partial charge >= 0.3 is 6.03 Å². The Morgan fingerprint density at radius 3 is 2.59 bits per heavy atom. The first-order valence-electron chi connectivity index (χ1n) is 5.95. The Morgan fingerprint density at radius 2 is 1.94 bits per heavy atom. The van der Waals surface area contributed by atoms with Crippen molar-refractivity contribution in [2.45, 2.75) is 25.9 Å². The van der Waals surface area contributed by atoms with E-state index in [9.17, 15) is 4.79 Å². The van der Waals surface area contributed by atoms with Gasteiger partial charge < -0.3 is 16.0 Å². The fourth-order valence-corrected chi connectivity index (χ4v) is 1.39. The first-order chi connectivity index (χ1) is 8.22. The van der Waals surface area contributed by atoms with Crippen LogP contribution in [0.25, 0.3) is 0 Å². The third-order valence-electron chi connectivity index (χ3n) is 2.65. The number of rotatable bonds is 6. The SMILES string of the molecule is CNC(C)CCNC(=O)NCc1ccccc1. The van der Waals surface area contributed by atoms with Gasteiger partial charge in [-0.25, -0.2) is 4.79 Å². The third-order valence-corrected chi connectivity index (χ3v) is 2.65. The molecule has 4 heteroatoms. The Hall–Kier alpha value is -1.55. The molecule has 4 nitrogen and oxygen atoms in total. The lowest BCUT2D eigenvalue weighted by Crippen LogP contribution is -2.37. The van der Waals surface area contributed by atoms with Crippen molar-refractivity contribution in [2.75, 3.05) is 13.6 Å². The van der Waals surface area contributed by atoms with E-state index in [-0.39, 0.29) is 6.03 Å². The maximum atomic E-state index is 11.4. The van der Waals surface area contributed by atoms with Crippen molar-refractivity contribution >= 4 is 6.03 Å². The second-order valence-corrected chi connectivity index (χ2v) is 4.07. The van der Waals surface area contributed by atoms with Crippen LogP contribution >= 0.6 is 0 Å². The number of hydrogen-bond donors (Lipinski definition) is 3. The standard InChI is InChI=1S/C13H21N3O/c1-11(14-2)8-9-15-13(17)16-10-12-6-4-3-5-7-12/h3-7,11,14H,8-10H2,1-2H3,(H2,15,16,17). The van der Waals surface area contributed by atoms with Crippen LogP contribution in [0.3, 0.4) is 0 Å². The van der Waals surface area contributed by atoms with E-state index >= 15 is 0 Å². The quantitative estimate of drug-likeness (QED) is 0.699. The van der Waals surface area contributed by atoms with E-state index in [0.29, 0.717) is 19.1 Å². The minimum absolute atomic E-state index is 0.114. The van der Waals surface area contributed by atoms with E-state index in [0.717, 1.165) is 12.0 Å². The van der Waals surface area contributed by atoms with Crippen LogP contribution in [0.2, 0.25) is 0 Å². The summed E-state index contributed by atoms with van der Waals surface area (Å²) in [6.07, 6.45) is 0.926. The lowest BCUT2D eigenvalue weighted by molar-refractivity contribution is 0.240. The fraction of sp³-hybridized carbons (Fsp3) is 0.462. The number of hydrogen-bond acceptors (Lipinski definition) is 2. The fourth-order valence-electron chi connectivity index (χ4n) is 1.39. The molecule has 0 aromatic heterocycles. The molecule has 3 N–H and O–H groups in total. The summed E-state index contributed by atoms with van der Waals surface area (Å²) in [5.41, 5.74) is 1.10. The number of urea groups is 1. The van der Waals surface area contributed by atoms with Gasteiger partial charge in [-0.2, -0.15) is 0 Å². The van der Waals surface area contributed by atoms with Crippen LogP contribution < -0.4 is 16.0 Å². The van der Waals surface area contributed by atoms with E-state index in [1.165, 1.54) is 0 Å². The second-order valence-electron chi connectivity index (χ2n) is 4.07. The Kier molecular flexibility index (Phi) is 6.10. The van der Waals surface area contributed by atoms with Crippen LogP contribution in [0.5, 0.6) is 0 Å². The van der Waals surface area contributed by atoms with Gasteiger partial charge in [0.15, 0.2) is 0 Å². The summed E-state index contributed by atoms with van der Waals surface area (Å²) in [6.45, 7) is 3.33. The molecule has 0 radical (unpaired) electrons. The van der Waals surface area contributed by atoms with Crippen LogP contribution in [0.15, 0.2) is 30.3 Å². The van der Waals surface area contributed by atoms with Crippen molar-refractivity contribution in [1.82, 2.24) is 16.0 Å². The van der Waals surface area contributed by atoms with Gasteiger partial charge in [-0.3, -0.25) is 0 Å². The number of amides is 2. The highest BCUT2D eigenvalue weighted by Gasteiger charge is 2.01. The van der Waals surface area contributed by atoms with E-state index in [4.69, 9.17) is 0 Å². The van der Waals surface area contributed by atoms with Crippen LogP contribution in [-0.4, -0.2) is 25.7 Å². The van der Waals surface area contributed by atoms with Crippen molar-refractivity contribution < 1.29 is 4.79 Å². The molecule has 94 valence electrons. The molecule has 17 heavy (non-hydrogen) atoms. The lowest BCUT2D eigenvalue weighted by Gasteiger charge is -2.11. The molecule has 1 atom stereocenters. The van der Waals surface area contributed by atoms with Crippen molar-refractivity contribution in [3.8, 4) is 0 Å². The Bertz CT molecular complexity index is 327. The van der Waals surface area contributed by atoms with Gasteiger partial charge in [0.05, 0.1) is 0 Å². The zero-order chi connectivity index (χ0) is 12.5. The second kappa shape index (κ2) is 7.68. The molecule has 0 bridgehead atoms. The van der Waals surface area contributed by atoms with Crippen LogP contribution in [-0.2, 0) is 6.54 Å². The number of carbonyl (C=O) groups is 1. The van der Waals surface area contributed by atoms with Crippen molar-refractivity contribution in [2.24, 2.45) is 0 Å². The molecule has 0 fully saturated rings. The highest BCUT2D eigenvalue weighted by atomic mass is 16.2. The topological polar surface area (TPSA) is 53.2 Å². The summed E-state index contributed by atoms with van der Waals surface area (Å²) in [7, 11) is 1.92. The summed E-state index contributed by atoms with van der Waals surface area (Å²) in [5.74, 6) is 0. The molecule has 1 rings (SSSR count). The normalized spacial score (nSPS) is 11.9. The summed E-state index contributed by atoms with van der Waals surface area (Å²) in [5, 5.41) is 8.77. The molecule has 0 aliphatic heterocycles. The molecule has 0 heterocycles. The smallest absolute Gasteiger partial charge is 0.315 e. The van der Waals surface area contributed by atoms with Gasteiger partial charge in [0.25, 0.3) is 0 Å². The molecule has 2 amide bonds. The molecule has 0 saturated heterocycles. The summed E-state index contributed by atoms with van der Waals surface area (Å²) < 4.78 is 0. The zero-order valence-corrected chi connectivity index (χ0v) is 10.5. The van der Waals surface area contributed by atoms with Crippen molar-refractivity contribution in [3.63, 3.8) is 0 Å². The van der Waals surface area contributed by atoms with Gasteiger partial charge in [-0.1, -0.05) is 30.3 Å². The maximum absolute atomic E-state index is 11.4. The first-order valence-corrected chi connectivity index (χ1v) is 5.95. The number of carbonyl (C=O) groups excluding carboxylic acids is 1. The third kappa shape index (κ3) is 5.92. The number of nitrogens with one attached hydrogen (secondary N) is 3. The Labute approximate surface area is 103 Å². The van der Waals surface area contributed by atoms with Crippen LogP contribution in [0.1, 0.15) is 18.9 Å². The lowest BCUT2D eigenvalue weighted by atomic mass is 10.2. The van der Waals surface area contributed by atoms with Gasteiger partial charge in [0.2, 0.25) is 0 Å². The highest BCUT2D eigenvalue weighted by molar-refractivity contribution is 5.73. The minimum atomic E-state index is -0.114. The predicted octanol–water partition coefficient (Wildman–Crippen LogP) is 1.48. The molecule has 1 aromatic carbocycles. The monoisotopic (exact) mass is 235 g/mol. The van der Waals surface area contributed by atoms with Crippen molar-refractivity contribution in [1.29, 1.82) is 0 Å². The molecule has 0 saturated carbocycles. The number of benzene rings is 1. The maximum Gasteiger partial charge on any atom is 0.315 e. The largest absolute Gasteiger partial charge is 0.338 e. The van der Waals surface area contributed by atoms with Crippen LogP contribution in [0.4, 0.5) is 4.79 Å². The zero-order valence-electron chi connectivity index (χ0n) is 10.5. The average Bonchev–Trinajstić information content (AvgIpc) is 2.37. The van der Waals surface area contributed by atoms with Crippen LogP contribution in [0, 0.1) is 0 Å². The van der Waals surface area contributed by atoms with E-state index in [2.05, 4.69) is 22.9 Å². The molecule has 0 aliphatic carbocycles. The molecule has 0 spiro atoms. The van der Waals surface area contributed by atoms with E-state index in [1.54, 1.807) is 0 Å². The highest BCUT2D eigenvalue weighted by Crippen LogP contribution is 1.96. The Morgan fingerprint density at radius 1 is 1.24 bits per heavy atom. The predicted molar refractivity (Wildman–Crippen MR) is 69.8 cm³/mol. The van der Waals surface area contributed by atoms with Gasteiger partial charge in [-0.15, -0.1) is 0 Å². The molecule has 0 aliphatic rings. The minimum Gasteiger partial charge on any atom is -0.338 e. The first kappa shape index (κ1) is 13.5. The van der Waals surface area contributed by atoms with E-state index in [1.807, 2.05) is 37.4 Å². The van der Waals surface area contributed by atoms with Gasteiger partial charge in [-0.05, 0) is 26.0 Å². The molecule has 1 unspecified atom stereocenters.